The summed E-state index contributed by atoms with van der Waals surface area (Å²) >= 11 is 1.05. The number of hydrogen-bond donors (Lipinski definition) is 1. The second kappa shape index (κ2) is 9.41. The lowest BCUT2D eigenvalue weighted by molar-refractivity contribution is -0.118. The molecule has 27 heavy (non-hydrogen) atoms. The number of rotatable bonds is 9. The maximum Gasteiger partial charge on any atom is 0.286 e. The summed E-state index contributed by atoms with van der Waals surface area (Å²) < 4.78 is 5.78. The van der Waals surface area contributed by atoms with Crippen molar-refractivity contribution in [1.82, 2.24) is 10.3 Å². The van der Waals surface area contributed by atoms with E-state index in [9.17, 15) is 9.59 Å². The Kier molecular flexibility index (Phi) is 6.70. The lowest BCUT2D eigenvalue weighted by atomic mass is 10.1. The average Bonchev–Trinajstić information content (AvgIpc) is 3.00. The molecular weight excluding hydrogens is 362 g/mol. The highest BCUT2D eigenvalue weighted by Gasteiger charge is 2.31. The summed E-state index contributed by atoms with van der Waals surface area (Å²) in [6.45, 7) is 1.59. The van der Waals surface area contributed by atoms with Crippen LogP contribution in [0.25, 0.3) is 0 Å². The molecule has 0 spiro atoms. The molecule has 1 atom stereocenters. The maximum absolute atomic E-state index is 11.6. The standard InChI is InChI=1S/C20H23N3O3S/c1-23(18-6-2-3-11-21-18)12-4-5-13-26-16-9-7-15(8-10-16)14-17-19(24)22-20(25)27-17/h2-3,6-11,17H,4-5,12-14H2,1H3,(H,22,24,25). The van der Waals surface area contributed by atoms with E-state index in [4.69, 9.17) is 4.74 Å². The van der Waals surface area contributed by atoms with Crippen molar-refractivity contribution < 1.29 is 14.3 Å². The highest BCUT2D eigenvalue weighted by atomic mass is 32.2. The minimum atomic E-state index is -0.333. The van der Waals surface area contributed by atoms with Crippen molar-refractivity contribution in [1.29, 1.82) is 0 Å². The highest BCUT2D eigenvalue weighted by molar-refractivity contribution is 8.15. The van der Waals surface area contributed by atoms with Crippen molar-refractivity contribution in [3.05, 3.63) is 54.2 Å². The molecule has 0 saturated carbocycles. The van der Waals surface area contributed by atoms with Crippen LogP contribution in [-0.4, -0.2) is 41.6 Å². The van der Waals surface area contributed by atoms with Gasteiger partial charge in [0.2, 0.25) is 5.91 Å². The van der Waals surface area contributed by atoms with Crippen molar-refractivity contribution in [3.8, 4) is 5.75 Å². The van der Waals surface area contributed by atoms with Crippen LogP contribution in [0.3, 0.4) is 0 Å². The molecule has 1 fully saturated rings. The zero-order chi connectivity index (χ0) is 19.1. The highest BCUT2D eigenvalue weighted by Crippen LogP contribution is 2.24. The smallest absolute Gasteiger partial charge is 0.286 e. The molecule has 1 unspecified atom stereocenters. The number of hydrogen-bond acceptors (Lipinski definition) is 6. The third-order valence-electron chi connectivity index (χ3n) is 4.31. The first-order chi connectivity index (χ1) is 13.1. The van der Waals surface area contributed by atoms with Crippen LogP contribution in [0, 0.1) is 0 Å². The van der Waals surface area contributed by atoms with Gasteiger partial charge in [-0.25, -0.2) is 4.98 Å². The molecule has 2 amide bonds. The van der Waals surface area contributed by atoms with E-state index in [1.54, 1.807) is 6.20 Å². The van der Waals surface area contributed by atoms with Gasteiger partial charge in [0.25, 0.3) is 5.24 Å². The predicted octanol–water partition coefficient (Wildman–Crippen LogP) is 3.27. The molecular formula is C20H23N3O3S. The Bertz CT molecular complexity index is 768. The van der Waals surface area contributed by atoms with Crippen molar-refractivity contribution in [2.45, 2.75) is 24.5 Å². The van der Waals surface area contributed by atoms with Gasteiger partial charge in [-0.2, -0.15) is 0 Å². The topological polar surface area (TPSA) is 71.5 Å². The van der Waals surface area contributed by atoms with E-state index in [0.717, 1.165) is 48.3 Å². The second-order valence-corrected chi connectivity index (χ2v) is 7.57. The lowest BCUT2D eigenvalue weighted by Gasteiger charge is -2.17. The predicted molar refractivity (Wildman–Crippen MR) is 107 cm³/mol. The van der Waals surface area contributed by atoms with E-state index in [-0.39, 0.29) is 16.4 Å². The van der Waals surface area contributed by atoms with E-state index >= 15 is 0 Å². The first-order valence-electron chi connectivity index (χ1n) is 8.97. The van der Waals surface area contributed by atoms with Crippen LogP contribution in [0.2, 0.25) is 0 Å². The van der Waals surface area contributed by atoms with Crippen molar-refractivity contribution in [2.24, 2.45) is 0 Å². The van der Waals surface area contributed by atoms with Gasteiger partial charge in [0.1, 0.15) is 11.6 Å². The Morgan fingerprint density at radius 1 is 1.15 bits per heavy atom. The summed E-state index contributed by atoms with van der Waals surface area (Å²) in [6.07, 6.45) is 4.32. The molecule has 1 aliphatic heterocycles. The van der Waals surface area contributed by atoms with Crippen LogP contribution in [-0.2, 0) is 11.2 Å². The van der Waals surface area contributed by atoms with Crippen molar-refractivity contribution in [3.63, 3.8) is 0 Å². The number of pyridine rings is 1. The zero-order valence-corrected chi connectivity index (χ0v) is 16.1. The van der Waals surface area contributed by atoms with Gasteiger partial charge in [-0.3, -0.25) is 14.9 Å². The number of imide groups is 1. The molecule has 142 valence electrons. The molecule has 1 aromatic heterocycles. The van der Waals surface area contributed by atoms with E-state index in [0.29, 0.717) is 13.0 Å². The van der Waals surface area contributed by atoms with Crippen LogP contribution in [0.15, 0.2) is 48.7 Å². The first-order valence-corrected chi connectivity index (χ1v) is 9.85. The molecule has 1 N–H and O–H groups in total. The number of aromatic nitrogens is 1. The van der Waals surface area contributed by atoms with Gasteiger partial charge in [-0.05, 0) is 49.1 Å². The summed E-state index contributed by atoms with van der Waals surface area (Å²) in [4.78, 5) is 29.3. The molecule has 0 bridgehead atoms. The summed E-state index contributed by atoms with van der Waals surface area (Å²) in [5, 5.41) is 1.71. The Labute approximate surface area is 163 Å². The van der Waals surface area contributed by atoms with Gasteiger partial charge in [0.05, 0.1) is 11.9 Å². The van der Waals surface area contributed by atoms with Gasteiger partial charge in [-0.1, -0.05) is 30.0 Å². The van der Waals surface area contributed by atoms with Crippen LogP contribution in [0.4, 0.5) is 10.6 Å². The molecule has 0 radical (unpaired) electrons. The second-order valence-electron chi connectivity index (χ2n) is 6.40. The fourth-order valence-electron chi connectivity index (χ4n) is 2.80. The zero-order valence-electron chi connectivity index (χ0n) is 15.3. The molecule has 6 nitrogen and oxygen atoms in total. The minimum absolute atomic E-state index is 0.207. The number of carbonyl (C=O) groups is 2. The number of anilines is 1. The fraction of sp³-hybridized carbons (Fsp3) is 0.350. The van der Waals surface area contributed by atoms with E-state index in [1.807, 2.05) is 49.5 Å². The molecule has 1 saturated heterocycles. The molecule has 7 heteroatoms. The SMILES string of the molecule is CN(CCCCOc1ccc(CC2SC(=O)NC2=O)cc1)c1ccccn1. The number of thioether (sulfide) groups is 1. The lowest BCUT2D eigenvalue weighted by Crippen LogP contribution is -2.25. The van der Waals surface area contributed by atoms with Gasteiger partial charge in [0.15, 0.2) is 0 Å². The number of nitrogens with one attached hydrogen (secondary N) is 1. The number of unbranched alkanes of at least 4 members (excludes halogenated alkanes) is 1. The molecule has 2 heterocycles. The average molecular weight is 385 g/mol. The first kappa shape index (κ1) is 19.2. The summed E-state index contributed by atoms with van der Waals surface area (Å²) in [5.41, 5.74) is 1.02. The number of benzene rings is 1. The summed E-state index contributed by atoms with van der Waals surface area (Å²) in [6, 6.07) is 13.6. The van der Waals surface area contributed by atoms with Gasteiger partial charge < -0.3 is 9.64 Å². The van der Waals surface area contributed by atoms with E-state index < -0.39 is 0 Å². The quantitative estimate of drug-likeness (QED) is 0.668. The summed E-state index contributed by atoms with van der Waals surface area (Å²) in [7, 11) is 2.04. The Hall–Kier alpha value is -2.54. The number of carbonyl (C=O) groups excluding carboxylic acids is 2. The van der Waals surface area contributed by atoms with Crippen LogP contribution >= 0.6 is 11.8 Å². The third-order valence-corrected chi connectivity index (χ3v) is 5.29. The Balaban J connectivity index is 1.35. The van der Waals surface area contributed by atoms with Gasteiger partial charge in [0, 0.05) is 19.8 Å². The summed E-state index contributed by atoms with van der Waals surface area (Å²) in [5.74, 6) is 1.59. The molecule has 3 rings (SSSR count). The van der Waals surface area contributed by atoms with E-state index in [2.05, 4.69) is 15.2 Å². The number of amides is 2. The monoisotopic (exact) mass is 385 g/mol. The molecule has 2 aromatic rings. The normalized spacial score (nSPS) is 16.3. The third kappa shape index (κ3) is 5.72. The Morgan fingerprint density at radius 3 is 2.63 bits per heavy atom. The van der Waals surface area contributed by atoms with Gasteiger partial charge >= 0.3 is 0 Å². The van der Waals surface area contributed by atoms with Crippen LogP contribution in [0.1, 0.15) is 18.4 Å². The van der Waals surface area contributed by atoms with Crippen LogP contribution in [0.5, 0.6) is 5.75 Å². The maximum atomic E-state index is 11.6. The molecule has 0 aliphatic carbocycles. The molecule has 1 aromatic carbocycles. The van der Waals surface area contributed by atoms with E-state index in [1.165, 1.54) is 0 Å². The van der Waals surface area contributed by atoms with Gasteiger partial charge in [-0.15, -0.1) is 0 Å². The van der Waals surface area contributed by atoms with Crippen molar-refractivity contribution in [2.75, 3.05) is 25.1 Å². The van der Waals surface area contributed by atoms with Crippen molar-refractivity contribution >= 4 is 28.7 Å². The largest absolute Gasteiger partial charge is 0.494 e. The molecule has 1 aliphatic rings. The fourth-order valence-corrected chi connectivity index (χ4v) is 3.66. The number of ether oxygens (including phenoxy) is 1. The Morgan fingerprint density at radius 2 is 1.96 bits per heavy atom. The minimum Gasteiger partial charge on any atom is -0.494 e. The van der Waals surface area contributed by atoms with Crippen LogP contribution < -0.4 is 15.0 Å². The number of nitrogens with zero attached hydrogens (tertiary/aromatic N) is 2.